The molecular weight excluding hydrogens is 332 g/mol. The van der Waals surface area contributed by atoms with E-state index >= 15 is 0 Å². The molecule has 2 saturated carbocycles. The summed E-state index contributed by atoms with van der Waals surface area (Å²) < 4.78 is 0. The van der Waals surface area contributed by atoms with Crippen LogP contribution < -0.4 is 0 Å². The molecule has 22 heavy (non-hydrogen) atoms. The summed E-state index contributed by atoms with van der Waals surface area (Å²) in [5.41, 5.74) is 2.96. The molecule has 0 bridgehead atoms. The topological polar surface area (TPSA) is 0 Å². The largest absolute Gasteiger partial charge is 0.0745 e. The van der Waals surface area contributed by atoms with Crippen LogP contribution in [0.1, 0.15) is 68.4 Å². The van der Waals surface area contributed by atoms with Crippen molar-refractivity contribution in [3.63, 3.8) is 0 Å². The van der Waals surface area contributed by atoms with E-state index in [1.807, 2.05) is 0 Å². The Kier molecular flexibility index (Phi) is 5.79. The maximum Gasteiger partial charge on any atom is -0.0162 e. The summed E-state index contributed by atoms with van der Waals surface area (Å²) in [6.45, 7) is 2.18. The minimum absolute atomic E-state index is 0.824. The van der Waals surface area contributed by atoms with Crippen LogP contribution in [0.2, 0.25) is 0 Å². The molecule has 0 N–H and O–H groups in total. The van der Waals surface area contributed by atoms with Crippen LogP contribution in [0.3, 0.4) is 0 Å². The molecule has 0 amide bonds. The van der Waals surface area contributed by atoms with Crippen LogP contribution in [0.4, 0.5) is 0 Å². The minimum atomic E-state index is 0.824. The summed E-state index contributed by atoms with van der Waals surface area (Å²) in [5, 5.41) is 0. The van der Waals surface area contributed by atoms with Crippen molar-refractivity contribution in [2.24, 2.45) is 17.8 Å². The number of aryl methyl sites for hydroxylation is 1. The van der Waals surface area contributed by atoms with Crippen LogP contribution in [-0.2, 0) is 0 Å². The molecular formula is C21H29Br. The van der Waals surface area contributed by atoms with E-state index in [-0.39, 0.29) is 0 Å². The normalized spacial score (nSPS) is 33.2. The van der Waals surface area contributed by atoms with Gasteiger partial charge in [-0.25, -0.2) is 0 Å². The Hall–Kier alpha value is -0.560. The first-order valence-electron chi connectivity index (χ1n) is 9.09. The zero-order valence-electron chi connectivity index (χ0n) is 13.8. The first-order valence-corrected chi connectivity index (χ1v) is 10.0. The Morgan fingerprint density at radius 2 is 1.36 bits per heavy atom. The Labute approximate surface area is 144 Å². The molecule has 3 rings (SSSR count). The molecule has 0 saturated heterocycles. The Morgan fingerprint density at radius 1 is 0.818 bits per heavy atom. The van der Waals surface area contributed by atoms with Crippen molar-refractivity contribution in [1.29, 1.82) is 0 Å². The van der Waals surface area contributed by atoms with Crippen molar-refractivity contribution >= 4 is 15.9 Å². The Morgan fingerprint density at radius 3 is 1.91 bits per heavy atom. The SMILES string of the molecule is Cc1ccc(C2CCC([C@H]3CC[C@H](/C=C/Br)CC3)CC2)cc1. The van der Waals surface area contributed by atoms with Crippen molar-refractivity contribution in [3.8, 4) is 0 Å². The lowest BCUT2D eigenvalue weighted by Gasteiger charge is -2.37. The summed E-state index contributed by atoms with van der Waals surface area (Å²) in [7, 11) is 0. The number of halogens is 1. The van der Waals surface area contributed by atoms with Crippen LogP contribution >= 0.6 is 15.9 Å². The summed E-state index contributed by atoms with van der Waals surface area (Å²) in [5.74, 6) is 3.68. The lowest BCUT2D eigenvalue weighted by atomic mass is 9.68. The zero-order valence-corrected chi connectivity index (χ0v) is 15.4. The van der Waals surface area contributed by atoms with E-state index in [9.17, 15) is 0 Å². The van der Waals surface area contributed by atoms with E-state index in [2.05, 4.69) is 58.2 Å². The molecule has 2 aliphatic rings. The van der Waals surface area contributed by atoms with Crippen LogP contribution in [0.15, 0.2) is 35.3 Å². The van der Waals surface area contributed by atoms with Crippen LogP contribution in [-0.4, -0.2) is 0 Å². The van der Waals surface area contributed by atoms with Gasteiger partial charge in [0.05, 0.1) is 0 Å². The molecule has 0 unspecified atom stereocenters. The standard InChI is InChI=1S/C21H29Br/c1-16-2-6-18(7-3-16)20-10-12-21(13-11-20)19-8-4-17(5-9-19)14-15-22/h2-3,6-7,14-15,17,19-21H,4-5,8-13H2,1H3/b15-14+/t17-,19-,20?,21?. The third kappa shape index (κ3) is 4.04. The van der Waals surface area contributed by atoms with Crippen molar-refractivity contribution in [2.75, 3.05) is 0 Å². The molecule has 0 aromatic heterocycles. The first kappa shape index (κ1) is 16.3. The monoisotopic (exact) mass is 360 g/mol. The molecule has 2 aliphatic carbocycles. The van der Waals surface area contributed by atoms with Crippen molar-refractivity contribution in [1.82, 2.24) is 0 Å². The highest BCUT2D eigenvalue weighted by molar-refractivity contribution is 9.11. The van der Waals surface area contributed by atoms with Gasteiger partial charge < -0.3 is 0 Å². The molecule has 0 radical (unpaired) electrons. The fourth-order valence-electron chi connectivity index (χ4n) is 4.67. The van der Waals surface area contributed by atoms with Gasteiger partial charge in [-0.3, -0.25) is 0 Å². The highest BCUT2D eigenvalue weighted by Gasteiger charge is 2.30. The maximum absolute atomic E-state index is 3.43. The Balaban J connectivity index is 1.49. The Bertz CT molecular complexity index is 471. The highest BCUT2D eigenvalue weighted by Crippen LogP contribution is 2.44. The molecule has 1 aromatic rings. The van der Waals surface area contributed by atoms with Crippen LogP contribution in [0.25, 0.3) is 0 Å². The molecule has 0 spiro atoms. The highest BCUT2D eigenvalue weighted by atomic mass is 79.9. The van der Waals surface area contributed by atoms with E-state index in [1.165, 1.54) is 56.9 Å². The third-order valence-corrected chi connectivity index (χ3v) is 6.45. The van der Waals surface area contributed by atoms with Gasteiger partial charge in [-0.05, 0) is 92.5 Å². The molecule has 1 aromatic carbocycles. The second kappa shape index (κ2) is 7.81. The van der Waals surface area contributed by atoms with Gasteiger partial charge >= 0.3 is 0 Å². The quantitative estimate of drug-likeness (QED) is 0.544. The van der Waals surface area contributed by atoms with Gasteiger partial charge in [0.2, 0.25) is 0 Å². The zero-order chi connectivity index (χ0) is 15.4. The molecule has 0 heterocycles. The average Bonchev–Trinajstić information content (AvgIpc) is 2.57. The number of hydrogen-bond acceptors (Lipinski definition) is 0. The van der Waals surface area contributed by atoms with E-state index in [4.69, 9.17) is 0 Å². The van der Waals surface area contributed by atoms with Gasteiger partial charge in [-0.2, -0.15) is 0 Å². The van der Waals surface area contributed by atoms with Gasteiger partial charge in [0.15, 0.2) is 0 Å². The summed E-state index contributed by atoms with van der Waals surface area (Å²) in [4.78, 5) is 2.06. The maximum atomic E-state index is 3.43. The predicted octanol–water partition coefficient (Wildman–Crippen LogP) is 6.98. The lowest BCUT2D eigenvalue weighted by Crippen LogP contribution is -2.25. The molecule has 1 heteroatoms. The van der Waals surface area contributed by atoms with Gasteiger partial charge in [0, 0.05) is 0 Å². The van der Waals surface area contributed by atoms with Crippen LogP contribution in [0, 0.1) is 24.7 Å². The fourth-order valence-corrected chi connectivity index (χ4v) is 5.11. The predicted molar refractivity (Wildman–Crippen MR) is 99.4 cm³/mol. The van der Waals surface area contributed by atoms with Crippen LogP contribution in [0.5, 0.6) is 0 Å². The summed E-state index contributed by atoms with van der Waals surface area (Å²) >= 11 is 3.43. The van der Waals surface area contributed by atoms with Gasteiger partial charge in [-0.15, -0.1) is 0 Å². The molecule has 120 valence electrons. The van der Waals surface area contributed by atoms with E-state index < -0.39 is 0 Å². The molecule has 0 aliphatic heterocycles. The second-order valence-corrected chi connectivity index (χ2v) is 8.04. The molecule has 2 fully saturated rings. The summed E-state index contributed by atoms with van der Waals surface area (Å²) in [6.07, 6.45) is 13.8. The summed E-state index contributed by atoms with van der Waals surface area (Å²) in [6, 6.07) is 9.27. The number of allylic oxidation sites excluding steroid dienone is 1. The van der Waals surface area contributed by atoms with Gasteiger partial charge in [0.25, 0.3) is 0 Å². The van der Waals surface area contributed by atoms with E-state index in [1.54, 1.807) is 5.56 Å². The molecule has 0 nitrogen and oxygen atoms in total. The van der Waals surface area contributed by atoms with Crippen molar-refractivity contribution in [3.05, 3.63) is 46.5 Å². The van der Waals surface area contributed by atoms with Gasteiger partial charge in [0.1, 0.15) is 0 Å². The average molecular weight is 361 g/mol. The third-order valence-electron chi connectivity index (χ3n) is 6.15. The van der Waals surface area contributed by atoms with Crippen molar-refractivity contribution in [2.45, 2.75) is 64.2 Å². The number of hydrogen-bond donors (Lipinski definition) is 0. The first-order chi connectivity index (χ1) is 10.8. The number of benzene rings is 1. The second-order valence-electron chi connectivity index (χ2n) is 7.52. The lowest BCUT2D eigenvalue weighted by molar-refractivity contribution is 0.171. The van der Waals surface area contributed by atoms with Crippen molar-refractivity contribution < 1.29 is 0 Å². The number of rotatable bonds is 3. The van der Waals surface area contributed by atoms with Gasteiger partial charge in [-0.1, -0.05) is 51.8 Å². The smallest absolute Gasteiger partial charge is 0.0162 e. The fraction of sp³-hybridized carbons (Fsp3) is 0.619. The van der Waals surface area contributed by atoms with E-state index in [0.717, 1.165) is 23.7 Å². The molecule has 0 atom stereocenters. The van der Waals surface area contributed by atoms with E-state index in [0.29, 0.717) is 0 Å². The minimum Gasteiger partial charge on any atom is -0.0745 e.